The van der Waals surface area contributed by atoms with Crippen LogP contribution in [-0.4, -0.2) is 17.0 Å². The number of benzene rings is 1. The van der Waals surface area contributed by atoms with Crippen LogP contribution in [0.5, 0.6) is 11.5 Å². The number of hydrogen-bond acceptors (Lipinski definition) is 3. The fraction of sp³-hybridized carbons (Fsp3) is 0.500. The lowest BCUT2D eigenvalue weighted by atomic mass is 9.96. The van der Waals surface area contributed by atoms with Crippen LogP contribution < -0.4 is 10.5 Å². The molecule has 0 aromatic heterocycles. The van der Waals surface area contributed by atoms with E-state index in [0.717, 1.165) is 0 Å². The Morgan fingerprint density at radius 2 is 1.84 bits per heavy atom. The molecular formula is C12H17ClF3NO2. The number of halogens is 4. The first-order chi connectivity index (χ1) is 8.07. The highest BCUT2D eigenvalue weighted by Crippen LogP contribution is 2.32. The predicted octanol–water partition coefficient (Wildman–Crippen LogP) is 3.38. The fourth-order valence-electron chi connectivity index (χ4n) is 1.39. The lowest BCUT2D eigenvalue weighted by Crippen LogP contribution is -2.32. The van der Waals surface area contributed by atoms with Crippen molar-refractivity contribution in [3.63, 3.8) is 0 Å². The van der Waals surface area contributed by atoms with E-state index in [2.05, 4.69) is 4.74 Å². The van der Waals surface area contributed by atoms with E-state index in [-0.39, 0.29) is 12.4 Å². The van der Waals surface area contributed by atoms with Gasteiger partial charge in [-0.1, -0.05) is 6.07 Å². The Labute approximate surface area is 116 Å². The molecule has 3 N–H and O–H groups in total. The lowest BCUT2D eigenvalue weighted by Gasteiger charge is -2.18. The standard InChI is InChI=1S/C12H16F3NO2.ClH/c1-11(2,16)6-5-8-3-4-9(17)10(7-8)18-12(13,14)15;/h3-4,7,17H,5-6,16H2,1-2H3;1H. The SMILES string of the molecule is CC(C)(N)CCc1ccc(O)c(OC(F)(F)F)c1.Cl. The quantitative estimate of drug-likeness (QED) is 0.896. The molecule has 0 aliphatic heterocycles. The van der Waals surface area contributed by atoms with Crippen molar-refractivity contribution < 1.29 is 23.0 Å². The van der Waals surface area contributed by atoms with Crippen LogP contribution in [0.3, 0.4) is 0 Å². The van der Waals surface area contributed by atoms with Gasteiger partial charge in [0.15, 0.2) is 11.5 Å². The Morgan fingerprint density at radius 3 is 2.32 bits per heavy atom. The van der Waals surface area contributed by atoms with Crippen LogP contribution in [0.25, 0.3) is 0 Å². The first-order valence-electron chi connectivity index (χ1n) is 5.43. The summed E-state index contributed by atoms with van der Waals surface area (Å²) in [4.78, 5) is 0. The molecule has 0 aliphatic carbocycles. The van der Waals surface area contributed by atoms with Gasteiger partial charge in [-0.15, -0.1) is 25.6 Å². The van der Waals surface area contributed by atoms with E-state index in [0.29, 0.717) is 18.4 Å². The molecule has 1 rings (SSSR count). The van der Waals surface area contributed by atoms with E-state index < -0.39 is 23.4 Å². The molecule has 0 aliphatic rings. The Bertz CT molecular complexity index is 416. The van der Waals surface area contributed by atoms with Gasteiger partial charge in [0, 0.05) is 5.54 Å². The Hall–Kier alpha value is -1.14. The molecule has 3 nitrogen and oxygen atoms in total. The van der Waals surface area contributed by atoms with Gasteiger partial charge in [0.1, 0.15) is 0 Å². The second kappa shape index (κ2) is 6.34. The molecule has 0 bridgehead atoms. The van der Waals surface area contributed by atoms with Crippen LogP contribution in [0.15, 0.2) is 18.2 Å². The van der Waals surface area contributed by atoms with E-state index in [1.165, 1.54) is 12.1 Å². The molecule has 0 amide bonds. The van der Waals surface area contributed by atoms with Crippen molar-refractivity contribution >= 4 is 12.4 Å². The second-order valence-electron chi connectivity index (χ2n) is 4.84. The van der Waals surface area contributed by atoms with Gasteiger partial charge in [0.05, 0.1) is 0 Å². The highest BCUT2D eigenvalue weighted by molar-refractivity contribution is 5.85. The highest BCUT2D eigenvalue weighted by Gasteiger charge is 2.32. The zero-order valence-corrected chi connectivity index (χ0v) is 11.4. The van der Waals surface area contributed by atoms with Crippen LogP contribution in [0.4, 0.5) is 13.2 Å². The third-order valence-corrected chi connectivity index (χ3v) is 2.31. The van der Waals surface area contributed by atoms with Gasteiger partial charge < -0.3 is 15.6 Å². The third kappa shape index (κ3) is 7.12. The zero-order chi connectivity index (χ0) is 14.0. The molecule has 0 fully saturated rings. The van der Waals surface area contributed by atoms with Crippen molar-refractivity contribution in [2.24, 2.45) is 5.73 Å². The van der Waals surface area contributed by atoms with Crippen molar-refractivity contribution in [3.8, 4) is 11.5 Å². The summed E-state index contributed by atoms with van der Waals surface area (Å²) in [5, 5.41) is 9.28. The first kappa shape index (κ1) is 17.9. The van der Waals surface area contributed by atoms with Crippen LogP contribution >= 0.6 is 12.4 Å². The molecule has 0 radical (unpaired) electrons. The smallest absolute Gasteiger partial charge is 0.504 e. The maximum atomic E-state index is 12.1. The zero-order valence-electron chi connectivity index (χ0n) is 10.6. The minimum absolute atomic E-state index is 0. The molecule has 0 heterocycles. The molecule has 7 heteroatoms. The maximum Gasteiger partial charge on any atom is 0.573 e. The van der Waals surface area contributed by atoms with Crippen molar-refractivity contribution in [1.29, 1.82) is 0 Å². The molecule has 1 aromatic rings. The van der Waals surface area contributed by atoms with E-state index in [9.17, 15) is 18.3 Å². The van der Waals surface area contributed by atoms with Gasteiger partial charge in [-0.2, -0.15) is 0 Å². The van der Waals surface area contributed by atoms with E-state index in [1.807, 2.05) is 13.8 Å². The number of aromatic hydroxyl groups is 1. The average molecular weight is 300 g/mol. The second-order valence-corrected chi connectivity index (χ2v) is 4.84. The fourth-order valence-corrected chi connectivity index (χ4v) is 1.39. The van der Waals surface area contributed by atoms with Gasteiger partial charge in [0.25, 0.3) is 0 Å². The molecule has 0 saturated heterocycles. The van der Waals surface area contributed by atoms with E-state index in [4.69, 9.17) is 5.73 Å². The molecular weight excluding hydrogens is 283 g/mol. The van der Waals surface area contributed by atoms with Gasteiger partial charge in [-0.05, 0) is 44.4 Å². The summed E-state index contributed by atoms with van der Waals surface area (Å²) in [5.74, 6) is -1.13. The average Bonchev–Trinajstić information content (AvgIpc) is 2.16. The number of rotatable bonds is 4. The molecule has 110 valence electrons. The molecule has 1 aromatic carbocycles. The van der Waals surface area contributed by atoms with E-state index in [1.54, 1.807) is 6.07 Å². The predicted molar refractivity (Wildman–Crippen MR) is 68.6 cm³/mol. The molecule has 0 unspecified atom stereocenters. The Kier molecular flexibility index (Phi) is 5.96. The first-order valence-corrected chi connectivity index (χ1v) is 5.43. The largest absolute Gasteiger partial charge is 0.573 e. The van der Waals surface area contributed by atoms with Crippen LogP contribution in [0.2, 0.25) is 0 Å². The Balaban J connectivity index is 0.00000324. The number of aryl methyl sites for hydroxylation is 1. The minimum atomic E-state index is -4.82. The van der Waals surface area contributed by atoms with Crippen LogP contribution in [-0.2, 0) is 6.42 Å². The van der Waals surface area contributed by atoms with Gasteiger partial charge in [-0.3, -0.25) is 0 Å². The number of alkyl halides is 3. The lowest BCUT2D eigenvalue weighted by molar-refractivity contribution is -0.275. The normalized spacial score (nSPS) is 11.9. The molecule has 0 atom stereocenters. The van der Waals surface area contributed by atoms with Crippen LogP contribution in [0, 0.1) is 0 Å². The number of hydrogen-bond donors (Lipinski definition) is 2. The maximum absolute atomic E-state index is 12.1. The van der Waals surface area contributed by atoms with E-state index >= 15 is 0 Å². The molecule has 19 heavy (non-hydrogen) atoms. The third-order valence-electron chi connectivity index (χ3n) is 2.31. The summed E-state index contributed by atoms with van der Waals surface area (Å²) in [5.41, 5.74) is 6.02. The minimum Gasteiger partial charge on any atom is -0.504 e. The van der Waals surface area contributed by atoms with Gasteiger partial charge in [0.2, 0.25) is 0 Å². The summed E-state index contributed by atoms with van der Waals surface area (Å²) in [6.07, 6.45) is -3.69. The summed E-state index contributed by atoms with van der Waals surface area (Å²) in [6.45, 7) is 3.67. The summed E-state index contributed by atoms with van der Waals surface area (Å²) >= 11 is 0. The summed E-state index contributed by atoms with van der Waals surface area (Å²) in [7, 11) is 0. The van der Waals surface area contributed by atoms with Crippen molar-refractivity contribution in [2.45, 2.75) is 38.6 Å². The van der Waals surface area contributed by atoms with Crippen molar-refractivity contribution in [3.05, 3.63) is 23.8 Å². The van der Waals surface area contributed by atoms with Crippen molar-refractivity contribution in [1.82, 2.24) is 0 Å². The number of phenols is 1. The molecule has 0 spiro atoms. The Morgan fingerprint density at radius 1 is 1.26 bits per heavy atom. The van der Waals surface area contributed by atoms with Gasteiger partial charge >= 0.3 is 6.36 Å². The topological polar surface area (TPSA) is 55.5 Å². The number of nitrogens with two attached hydrogens (primary N) is 1. The number of phenolic OH excluding ortho intramolecular Hbond substituents is 1. The van der Waals surface area contributed by atoms with Crippen molar-refractivity contribution in [2.75, 3.05) is 0 Å². The van der Waals surface area contributed by atoms with Gasteiger partial charge in [-0.25, -0.2) is 0 Å². The number of ether oxygens (including phenoxy) is 1. The highest BCUT2D eigenvalue weighted by atomic mass is 35.5. The monoisotopic (exact) mass is 299 g/mol. The van der Waals surface area contributed by atoms with Crippen LogP contribution in [0.1, 0.15) is 25.8 Å². The molecule has 0 saturated carbocycles. The summed E-state index contributed by atoms with van der Waals surface area (Å²) in [6, 6.07) is 3.90. The summed E-state index contributed by atoms with van der Waals surface area (Å²) < 4.78 is 39.9.